The molecule has 0 saturated carbocycles. The van der Waals surface area contributed by atoms with E-state index in [0.717, 1.165) is 13.1 Å². The fourth-order valence-corrected chi connectivity index (χ4v) is 2.36. The zero-order valence-corrected chi connectivity index (χ0v) is 12.7. The van der Waals surface area contributed by atoms with Crippen molar-refractivity contribution >= 4 is 24.3 Å². The van der Waals surface area contributed by atoms with Gasteiger partial charge in [0.1, 0.15) is 6.04 Å². The Balaban J connectivity index is 0.00000324. The Hall–Kier alpha value is -0.810. The molecule has 5 nitrogen and oxygen atoms in total. The highest BCUT2D eigenvalue weighted by Crippen LogP contribution is 2.22. The average molecular weight is 293 g/mol. The minimum atomic E-state index is -0.570. The molecule has 19 heavy (non-hydrogen) atoms. The van der Waals surface area contributed by atoms with Crippen LogP contribution in [0.15, 0.2) is 0 Å². The Morgan fingerprint density at radius 3 is 2.63 bits per heavy atom. The monoisotopic (exact) mass is 292 g/mol. The number of nitrogens with one attached hydrogen (secondary N) is 2. The Kier molecular flexibility index (Phi) is 8.76. The molecule has 1 heterocycles. The number of methoxy groups -OCH3 is 1. The summed E-state index contributed by atoms with van der Waals surface area (Å²) in [5, 5.41) is 6.02. The van der Waals surface area contributed by atoms with E-state index >= 15 is 0 Å². The number of hydrogen-bond acceptors (Lipinski definition) is 4. The maximum Gasteiger partial charge on any atom is 0.328 e. The lowest BCUT2D eigenvalue weighted by Crippen LogP contribution is -2.41. The number of esters is 1. The van der Waals surface area contributed by atoms with Gasteiger partial charge in [-0.15, -0.1) is 12.4 Å². The Morgan fingerprint density at radius 1 is 1.42 bits per heavy atom. The molecular weight excluding hydrogens is 268 g/mol. The van der Waals surface area contributed by atoms with Gasteiger partial charge in [0.2, 0.25) is 5.91 Å². The van der Waals surface area contributed by atoms with Crippen molar-refractivity contribution in [2.24, 2.45) is 11.8 Å². The van der Waals surface area contributed by atoms with Gasteiger partial charge >= 0.3 is 5.97 Å². The summed E-state index contributed by atoms with van der Waals surface area (Å²) in [6, 6.07) is -0.570. The molecule has 6 heteroatoms. The van der Waals surface area contributed by atoms with E-state index in [4.69, 9.17) is 0 Å². The van der Waals surface area contributed by atoms with Crippen LogP contribution in [0.1, 0.15) is 33.1 Å². The lowest BCUT2D eigenvalue weighted by Gasteiger charge is -2.28. The molecule has 1 aliphatic rings. The highest BCUT2D eigenvalue weighted by atomic mass is 35.5. The van der Waals surface area contributed by atoms with Crippen LogP contribution in [0.3, 0.4) is 0 Å². The van der Waals surface area contributed by atoms with Crippen LogP contribution in [0.4, 0.5) is 0 Å². The summed E-state index contributed by atoms with van der Waals surface area (Å²) < 4.78 is 4.57. The van der Waals surface area contributed by atoms with E-state index in [1.807, 2.05) is 0 Å². The van der Waals surface area contributed by atoms with Crippen LogP contribution in [-0.4, -0.2) is 38.1 Å². The molecule has 0 aromatic carbocycles. The molecule has 1 aliphatic heterocycles. The normalized spacial score (nSPS) is 21.7. The number of ether oxygens (including phenoxy) is 1. The summed E-state index contributed by atoms with van der Waals surface area (Å²) in [6.45, 7) is 5.80. The molecule has 0 bridgehead atoms. The van der Waals surface area contributed by atoms with E-state index in [0.29, 0.717) is 18.3 Å². The molecule has 1 rings (SSSR count). The van der Waals surface area contributed by atoms with E-state index < -0.39 is 12.0 Å². The summed E-state index contributed by atoms with van der Waals surface area (Å²) in [6.07, 6.45) is 2.82. The van der Waals surface area contributed by atoms with Crippen molar-refractivity contribution in [3.8, 4) is 0 Å². The first-order chi connectivity index (χ1) is 8.54. The van der Waals surface area contributed by atoms with Gasteiger partial charge in [0, 0.05) is 6.42 Å². The van der Waals surface area contributed by atoms with Gasteiger partial charge < -0.3 is 15.4 Å². The number of piperidine rings is 1. The predicted octanol–water partition coefficient (Wildman–Crippen LogP) is 1.11. The van der Waals surface area contributed by atoms with Crippen molar-refractivity contribution in [1.82, 2.24) is 10.6 Å². The highest BCUT2D eigenvalue weighted by molar-refractivity contribution is 5.85. The van der Waals surface area contributed by atoms with Gasteiger partial charge in [-0.1, -0.05) is 6.92 Å². The zero-order valence-electron chi connectivity index (χ0n) is 11.9. The summed E-state index contributed by atoms with van der Waals surface area (Å²) >= 11 is 0. The molecule has 0 radical (unpaired) electrons. The molecule has 2 unspecified atom stereocenters. The molecular formula is C13H25ClN2O3. The second-order valence-corrected chi connectivity index (χ2v) is 5.10. The van der Waals surface area contributed by atoms with E-state index in [9.17, 15) is 9.59 Å². The van der Waals surface area contributed by atoms with Crippen molar-refractivity contribution in [3.05, 3.63) is 0 Å². The largest absolute Gasteiger partial charge is 0.467 e. The molecule has 1 fully saturated rings. The van der Waals surface area contributed by atoms with Crippen LogP contribution >= 0.6 is 12.4 Å². The molecule has 0 aromatic rings. The first-order valence-corrected chi connectivity index (χ1v) is 6.62. The fraction of sp³-hybridized carbons (Fsp3) is 0.846. The van der Waals surface area contributed by atoms with Crippen LogP contribution in [0, 0.1) is 11.8 Å². The van der Waals surface area contributed by atoms with Gasteiger partial charge in [-0.05, 0) is 44.7 Å². The first-order valence-electron chi connectivity index (χ1n) is 6.62. The molecule has 0 aromatic heterocycles. The van der Waals surface area contributed by atoms with E-state index in [-0.39, 0.29) is 18.3 Å². The SMILES string of the molecule is COC(=O)[C@H](C)NC(=O)CC(C)C1CCCNC1.Cl. The number of carbonyl (C=O) groups is 2. The van der Waals surface area contributed by atoms with Crippen LogP contribution in [0.25, 0.3) is 0 Å². The van der Waals surface area contributed by atoms with Crippen LogP contribution in [-0.2, 0) is 14.3 Å². The third-order valence-electron chi connectivity index (χ3n) is 3.58. The van der Waals surface area contributed by atoms with Gasteiger partial charge in [0.15, 0.2) is 0 Å². The van der Waals surface area contributed by atoms with E-state index in [2.05, 4.69) is 22.3 Å². The Labute approximate surface area is 121 Å². The number of halogens is 1. The Bertz CT molecular complexity index is 294. The van der Waals surface area contributed by atoms with Gasteiger partial charge in [0.25, 0.3) is 0 Å². The van der Waals surface area contributed by atoms with Crippen LogP contribution in [0.2, 0.25) is 0 Å². The lowest BCUT2D eigenvalue weighted by molar-refractivity contribution is -0.144. The fourth-order valence-electron chi connectivity index (χ4n) is 2.36. The third kappa shape index (κ3) is 6.25. The minimum Gasteiger partial charge on any atom is -0.467 e. The maximum atomic E-state index is 11.8. The highest BCUT2D eigenvalue weighted by Gasteiger charge is 2.23. The van der Waals surface area contributed by atoms with Gasteiger partial charge in [-0.25, -0.2) is 4.79 Å². The van der Waals surface area contributed by atoms with Gasteiger partial charge in [-0.3, -0.25) is 4.79 Å². The number of amides is 1. The summed E-state index contributed by atoms with van der Waals surface area (Å²) in [4.78, 5) is 23.0. The van der Waals surface area contributed by atoms with Crippen molar-refractivity contribution in [3.63, 3.8) is 0 Å². The lowest BCUT2D eigenvalue weighted by atomic mass is 9.85. The standard InChI is InChI=1S/C13H24N2O3.ClH/c1-9(11-5-4-6-14-8-11)7-12(16)15-10(2)13(17)18-3;/h9-11,14H,4-8H2,1-3H3,(H,15,16);1H/t9?,10-,11?;/m0./s1. The molecule has 112 valence electrons. The van der Waals surface area contributed by atoms with Gasteiger partial charge in [-0.2, -0.15) is 0 Å². The summed E-state index contributed by atoms with van der Waals surface area (Å²) in [7, 11) is 1.32. The minimum absolute atomic E-state index is 0. The second-order valence-electron chi connectivity index (χ2n) is 5.10. The first kappa shape index (κ1) is 18.2. The smallest absolute Gasteiger partial charge is 0.328 e. The topological polar surface area (TPSA) is 67.4 Å². The molecule has 1 saturated heterocycles. The maximum absolute atomic E-state index is 11.8. The van der Waals surface area contributed by atoms with Crippen molar-refractivity contribution in [2.75, 3.05) is 20.2 Å². The van der Waals surface area contributed by atoms with E-state index in [1.54, 1.807) is 6.92 Å². The number of hydrogen-bond donors (Lipinski definition) is 2. The van der Waals surface area contributed by atoms with Crippen molar-refractivity contribution < 1.29 is 14.3 Å². The zero-order chi connectivity index (χ0) is 13.5. The quantitative estimate of drug-likeness (QED) is 0.745. The second kappa shape index (κ2) is 9.15. The predicted molar refractivity (Wildman–Crippen MR) is 76.2 cm³/mol. The average Bonchev–Trinajstić information content (AvgIpc) is 2.38. The molecule has 3 atom stereocenters. The number of carbonyl (C=O) groups excluding carboxylic acids is 2. The summed E-state index contributed by atoms with van der Waals surface area (Å²) in [5.41, 5.74) is 0. The van der Waals surface area contributed by atoms with Crippen molar-refractivity contribution in [2.45, 2.75) is 39.2 Å². The number of rotatable bonds is 5. The van der Waals surface area contributed by atoms with Gasteiger partial charge in [0.05, 0.1) is 7.11 Å². The molecule has 1 amide bonds. The third-order valence-corrected chi connectivity index (χ3v) is 3.58. The Morgan fingerprint density at radius 2 is 2.11 bits per heavy atom. The molecule has 2 N–H and O–H groups in total. The van der Waals surface area contributed by atoms with E-state index in [1.165, 1.54) is 20.0 Å². The summed E-state index contributed by atoms with van der Waals surface area (Å²) in [5.74, 6) is 0.405. The molecule has 0 spiro atoms. The van der Waals surface area contributed by atoms with Crippen molar-refractivity contribution in [1.29, 1.82) is 0 Å². The van der Waals surface area contributed by atoms with Crippen LogP contribution in [0.5, 0.6) is 0 Å². The molecule has 0 aliphatic carbocycles. The van der Waals surface area contributed by atoms with Crippen LogP contribution < -0.4 is 10.6 Å².